The number of carbonyl (C=O) groups is 1. The van der Waals surface area contributed by atoms with Crippen molar-refractivity contribution in [1.29, 1.82) is 0 Å². The molecule has 2 aromatic rings. The number of para-hydroxylation sites is 1. The normalized spacial score (nSPS) is 16.7. The molecule has 1 fully saturated rings. The molecule has 1 atom stereocenters. The second-order valence-corrected chi connectivity index (χ2v) is 11.4. The van der Waals surface area contributed by atoms with Gasteiger partial charge in [0, 0.05) is 37.3 Å². The van der Waals surface area contributed by atoms with Gasteiger partial charge in [-0.25, -0.2) is 8.42 Å². The minimum atomic E-state index is -3.53. The van der Waals surface area contributed by atoms with E-state index in [0.717, 1.165) is 11.3 Å². The second-order valence-electron chi connectivity index (χ2n) is 9.51. The van der Waals surface area contributed by atoms with Crippen molar-refractivity contribution in [2.24, 2.45) is 11.8 Å². The summed E-state index contributed by atoms with van der Waals surface area (Å²) in [4.78, 5) is 13.1. The largest absolute Gasteiger partial charge is 0.380 e. The third-order valence-electron chi connectivity index (χ3n) is 6.44. The number of piperidine rings is 1. The molecule has 0 radical (unpaired) electrons. The molecular formula is C26H37N3O3S. The first-order valence-electron chi connectivity index (χ1n) is 11.9. The third kappa shape index (κ3) is 6.58. The van der Waals surface area contributed by atoms with Crippen molar-refractivity contribution in [2.75, 3.05) is 25.0 Å². The van der Waals surface area contributed by atoms with Gasteiger partial charge in [0.1, 0.15) is 0 Å². The maximum absolute atomic E-state index is 13.0. The molecule has 1 aliphatic heterocycles. The number of hydrogen-bond acceptors (Lipinski definition) is 4. The number of amides is 1. The molecule has 6 nitrogen and oxygen atoms in total. The molecule has 2 aromatic carbocycles. The van der Waals surface area contributed by atoms with Crippen LogP contribution in [0.4, 0.5) is 5.69 Å². The Kier molecular flexibility index (Phi) is 8.54. The van der Waals surface area contributed by atoms with Crippen LogP contribution in [0.3, 0.4) is 0 Å². The molecule has 0 spiro atoms. The van der Waals surface area contributed by atoms with Crippen molar-refractivity contribution in [2.45, 2.75) is 57.4 Å². The predicted molar refractivity (Wildman–Crippen MR) is 134 cm³/mol. The van der Waals surface area contributed by atoms with Crippen LogP contribution in [-0.4, -0.2) is 44.3 Å². The van der Waals surface area contributed by atoms with Gasteiger partial charge in [-0.05, 0) is 54.5 Å². The standard InChI is InChI=1S/C26H37N3O3S/c1-19(2)21-10-12-24(13-11-21)33(31,32)29-16-14-22(15-17-29)26(30)27-18-25(20(3)4)28-23-8-6-5-7-9-23/h5-13,19-20,22,25,28H,14-18H2,1-4H3,(H,27,30). The smallest absolute Gasteiger partial charge is 0.243 e. The van der Waals surface area contributed by atoms with Gasteiger partial charge in [-0.3, -0.25) is 4.79 Å². The molecule has 1 aliphatic rings. The average Bonchev–Trinajstić information content (AvgIpc) is 2.82. The number of hydrogen-bond donors (Lipinski definition) is 2. The minimum Gasteiger partial charge on any atom is -0.380 e. The Balaban J connectivity index is 1.52. The lowest BCUT2D eigenvalue weighted by atomic mass is 9.96. The molecule has 0 saturated carbocycles. The molecular weight excluding hydrogens is 434 g/mol. The second kappa shape index (κ2) is 11.2. The highest BCUT2D eigenvalue weighted by Crippen LogP contribution is 2.25. The van der Waals surface area contributed by atoms with Gasteiger partial charge >= 0.3 is 0 Å². The Labute approximate surface area is 198 Å². The summed E-state index contributed by atoms with van der Waals surface area (Å²) in [7, 11) is -3.53. The summed E-state index contributed by atoms with van der Waals surface area (Å²) < 4.78 is 27.6. The van der Waals surface area contributed by atoms with Crippen molar-refractivity contribution < 1.29 is 13.2 Å². The Morgan fingerprint density at radius 2 is 1.58 bits per heavy atom. The van der Waals surface area contributed by atoms with E-state index < -0.39 is 10.0 Å². The van der Waals surface area contributed by atoms with E-state index in [1.54, 1.807) is 12.1 Å². The van der Waals surface area contributed by atoms with Crippen LogP contribution in [0, 0.1) is 11.8 Å². The number of carbonyl (C=O) groups excluding carboxylic acids is 1. The molecule has 1 heterocycles. The van der Waals surface area contributed by atoms with Crippen LogP contribution in [0.15, 0.2) is 59.5 Å². The van der Waals surface area contributed by atoms with Gasteiger partial charge in [-0.15, -0.1) is 0 Å². The fourth-order valence-corrected chi connectivity index (χ4v) is 5.56. The molecule has 1 amide bonds. The zero-order valence-electron chi connectivity index (χ0n) is 20.1. The van der Waals surface area contributed by atoms with Gasteiger partial charge in [0.05, 0.1) is 4.90 Å². The summed E-state index contributed by atoms with van der Waals surface area (Å²) in [5, 5.41) is 6.58. The van der Waals surface area contributed by atoms with Gasteiger partial charge < -0.3 is 10.6 Å². The number of anilines is 1. The van der Waals surface area contributed by atoms with E-state index in [2.05, 4.69) is 38.3 Å². The molecule has 1 unspecified atom stereocenters. The Hall–Kier alpha value is -2.38. The first-order valence-corrected chi connectivity index (χ1v) is 13.3. The topological polar surface area (TPSA) is 78.5 Å². The SMILES string of the molecule is CC(C)c1ccc(S(=O)(=O)N2CCC(C(=O)NCC(Nc3ccccc3)C(C)C)CC2)cc1. The van der Waals surface area contributed by atoms with Crippen molar-refractivity contribution in [3.8, 4) is 0 Å². The first-order chi connectivity index (χ1) is 15.7. The molecule has 180 valence electrons. The fourth-order valence-electron chi connectivity index (χ4n) is 4.09. The molecule has 2 N–H and O–H groups in total. The Bertz CT molecular complexity index is 997. The number of nitrogens with zero attached hydrogens (tertiary/aromatic N) is 1. The molecule has 33 heavy (non-hydrogen) atoms. The average molecular weight is 472 g/mol. The van der Waals surface area contributed by atoms with Crippen LogP contribution in [0.2, 0.25) is 0 Å². The minimum absolute atomic E-state index is 0.00819. The van der Waals surface area contributed by atoms with Gasteiger partial charge in [0.15, 0.2) is 0 Å². The highest BCUT2D eigenvalue weighted by Gasteiger charge is 2.32. The lowest BCUT2D eigenvalue weighted by Gasteiger charge is -2.31. The van der Waals surface area contributed by atoms with Gasteiger partial charge in [0.2, 0.25) is 15.9 Å². The summed E-state index contributed by atoms with van der Waals surface area (Å²) in [6.07, 6.45) is 1.07. The van der Waals surface area contributed by atoms with E-state index >= 15 is 0 Å². The number of rotatable bonds is 9. The lowest BCUT2D eigenvalue weighted by molar-refractivity contribution is -0.126. The van der Waals surface area contributed by atoms with Crippen LogP contribution < -0.4 is 10.6 Å². The van der Waals surface area contributed by atoms with Crippen molar-refractivity contribution in [1.82, 2.24) is 9.62 Å². The fraction of sp³-hybridized carbons (Fsp3) is 0.500. The number of sulfonamides is 1. The number of nitrogens with one attached hydrogen (secondary N) is 2. The van der Waals surface area contributed by atoms with E-state index in [0.29, 0.717) is 49.2 Å². The van der Waals surface area contributed by atoms with Gasteiger partial charge in [-0.2, -0.15) is 4.31 Å². The summed E-state index contributed by atoms with van der Waals surface area (Å²) in [5.74, 6) is 0.548. The quantitative estimate of drug-likeness (QED) is 0.566. The number of benzene rings is 2. The van der Waals surface area contributed by atoms with Crippen molar-refractivity contribution >= 4 is 21.6 Å². The molecule has 0 bridgehead atoms. The van der Waals surface area contributed by atoms with E-state index in [1.165, 1.54) is 4.31 Å². The van der Waals surface area contributed by atoms with E-state index in [1.807, 2.05) is 42.5 Å². The zero-order valence-corrected chi connectivity index (χ0v) is 20.9. The zero-order chi connectivity index (χ0) is 24.0. The maximum Gasteiger partial charge on any atom is 0.243 e. The highest BCUT2D eigenvalue weighted by molar-refractivity contribution is 7.89. The van der Waals surface area contributed by atoms with Crippen LogP contribution in [0.25, 0.3) is 0 Å². The Morgan fingerprint density at radius 3 is 2.12 bits per heavy atom. The molecule has 0 aromatic heterocycles. The van der Waals surface area contributed by atoms with E-state index in [-0.39, 0.29) is 17.9 Å². The van der Waals surface area contributed by atoms with Crippen LogP contribution in [0.5, 0.6) is 0 Å². The Morgan fingerprint density at radius 1 is 0.970 bits per heavy atom. The third-order valence-corrected chi connectivity index (χ3v) is 8.35. The molecule has 0 aliphatic carbocycles. The monoisotopic (exact) mass is 471 g/mol. The summed E-state index contributed by atoms with van der Waals surface area (Å²) in [6.45, 7) is 9.69. The lowest BCUT2D eigenvalue weighted by Crippen LogP contribution is -2.46. The predicted octanol–water partition coefficient (Wildman–Crippen LogP) is 4.46. The molecule has 3 rings (SSSR count). The maximum atomic E-state index is 13.0. The highest BCUT2D eigenvalue weighted by atomic mass is 32.2. The first kappa shape index (κ1) is 25.2. The van der Waals surface area contributed by atoms with E-state index in [4.69, 9.17) is 0 Å². The summed E-state index contributed by atoms with van der Waals surface area (Å²) in [5.41, 5.74) is 2.15. The summed E-state index contributed by atoms with van der Waals surface area (Å²) in [6, 6.07) is 17.2. The van der Waals surface area contributed by atoms with Gasteiger partial charge in [-0.1, -0.05) is 58.0 Å². The summed E-state index contributed by atoms with van der Waals surface area (Å²) >= 11 is 0. The van der Waals surface area contributed by atoms with Crippen molar-refractivity contribution in [3.05, 3.63) is 60.2 Å². The molecule has 7 heteroatoms. The van der Waals surface area contributed by atoms with Crippen LogP contribution in [0.1, 0.15) is 52.0 Å². The van der Waals surface area contributed by atoms with Crippen molar-refractivity contribution in [3.63, 3.8) is 0 Å². The van der Waals surface area contributed by atoms with Crippen LogP contribution >= 0.6 is 0 Å². The van der Waals surface area contributed by atoms with Crippen LogP contribution in [-0.2, 0) is 14.8 Å². The van der Waals surface area contributed by atoms with Gasteiger partial charge in [0.25, 0.3) is 0 Å². The van der Waals surface area contributed by atoms with E-state index in [9.17, 15) is 13.2 Å². The molecule has 1 saturated heterocycles.